The van der Waals surface area contributed by atoms with E-state index in [4.69, 9.17) is 0 Å². The zero-order chi connectivity index (χ0) is 23.9. The van der Waals surface area contributed by atoms with Gasteiger partial charge < -0.3 is 10.6 Å². The van der Waals surface area contributed by atoms with Crippen molar-refractivity contribution in [3.05, 3.63) is 77.4 Å². The number of fused-ring (bicyclic) bond motifs is 2. The van der Waals surface area contributed by atoms with Crippen molar-refractivity contribution in [3.63, 3.8) is 0 Å². The highest BCUT2D eigenvalue weighted by Crippen LogP contribution is 2.47. The molecule has 0 atom stereocenters. The summed E-state index contributed by atoms with van der Waals surface area (Å²) in [6, 6.07) is 20.7. The van der Waals surface area contributed by atoms with Crippen LogP contribution in [-0.2, 0) is 22.0 Å². The Morgan fingerprint density at radius 3 is 2.35 bits per heavy atom. The van der Waals surface area contributed by atoms with Crippen LogP contribution in [0, 0.1) is 0 Å². The lowest BCUT2D eigenvalue weighted by molar-refractivity contribution is 0.233. The lowest BCUT2D eigenvalue weighted by Gasteiger charge is -2.37. The molecule has 3 N–H and O–H groups in total. The second-order valence-corrected chi connectivity index (χ2v) is 11.6. The van der Waals surface area contributed by atoms with Crippen LogP contribution in [-0.4, -0.2) is 45.8 Å². The van der Waals surface area contributed by atoms with E-state index < -0.39 is 10.0 Å². The number of nitrogens with zero attached hydrogens (tertiary/aromatic N) is 1. The van der Waals surface area contributed by atoms with E-state index in [0.717, 1.165) is 55.2 Å². The van der Waals surface area contributed by atoms with Crippen molar-refractivity contribution in [3.8, 4) is 11.1 Å². The summed E-state index contributed by atoms with van der Waals surface area (Å²) in [6.07, 6.45) is 1.18. The highest BCUT2D eigenvalue weighted by Gasteiger charge is 2.33. The van der Waals surface area contributed by atoms with Crippen molar-refractivity contribution >= 4 is 27.1 Å². The van der Waals surface area contributed by atoms with Gasteiger partial charge in [0, 0.05) is 55.1 Å². The number of anilines is 3. The normalized spacial score (nSPS) is 17.4. The van der Waals surface area contributed by atoms with Crippen molar-refractivity contribution in [2.45, 2.75) is 25.8 Å². The fourth-order valence-electron chi connectivity index (χ4n) is 5.09. The van der Waals surface area contributed by atoms with Crippen LogP contribution in [0.4, 0.5) is 17.1 Å². The van der Waals surface area contributed by atoms with Crippen LogP contribution >= 0.6 is 0 Å². The number of nitrogens with one attached hydrogen (secondary N) is 3. The molecule has 3 aromatic rings. The van der Waals surface area contributed by atoms with Gasteiger partial charge in [0.15, 0.2) is 0 Å². The first-order valence-corrected chi connectivity index (χ1v) is 13.6. The molecule has 0 bridgehead atoms. The molecule has 0 radical (unpaired) electrons. The highest BCUT2D eigenvalue weighted by atomic mass is 32.2. The van der Waals surface area contributed by atoms with Crippen LogP contribution in [0.25, 0.3) is 11.1 Å². The molecule has 0 unspecified atom stereocenters. The summed E-state index contributed by atoms with van der Waals surface area (Å²) in [4.78, 5) is 2.50. The molecule has 3 aromatic carbocycles. The van der Waals surface area contributed by atoms with Gasteiger partial charge in [0.2, 0.25) is 10.0 Å². The third kappa shape index (κ3) is 4.56. The number of rotatable bonds is 5. The summed E-state index contributed by atoms with van der Waals surface area (Å²) in [6.45, 7) is 9.74. The third-order valence-corrected chi connectivity index (χ3v) is 7.46. The van der Waals surface area contributed by atoms with E-state index in [1.807, 2.05) is 18.2 Å². The SMILES string of the molecule is CC1(C)c2cc(CN3CCNCC3)ccc2Nc2ccc(-c3ccccc3NS(C)(=O)=O)cc21. The van der Waals surface area contributed by atoms with Crippen LogP contribution in [0.5, 0.6) is 0 Å². The zero-order valence-electron chi connectivity index (χ0n) is 20.0. The fraction of sp³-hybridized carbons (Fsp3) is 0.333. The Kier molecular flexibility index (Phi) is 5.88. The Morgan fingerprint density at radius 2 is 1.62 bits per heavy atom. The maximum absolute atomic E-state index is 11.9. The lowest BCUT2D eigenvalue weighted by atomic mass is 9.73. The molecule has 1 fully saturated rings. The quantitative estimate of drug-likeness (QED) is 0.505. The molecule has 2 heterocycles. The molecule has 0 aliphatic carbocycles. The molecular formula is C27H32N4O2S. The summed E-state index contributed by atoms with van der Waals surface area (Å²) in [7, 11) is -3.38. The molecule has 0 amide bonds. The molecular weight excluding hydrogens is 444 g/mol. The largest absolute Gasteiger partial charge is 0.355 e. The van der Waals surface area contributed by atoms with Gasteiger partial charge in [-0.05, 0) is 46.5 Å². The Morgan fingerprint density at radius 1 is 0.941 bits per heavy atom. The van der Waals surface area contributed by atoms with Crippen LogP contribution in [0.3, 0.4) is 0 Å². The Labute approximate surface area is 202 Å². The topological polar surface area (TPSA) is 73.5 Å². The smallest absolute Gasteiger partial charge is 0.229 e. The predicted octanol–water partition coefficient (Wildman–Crippen LogP) is 4.51. The number of hydrogen-bond acceptors (Lipinski definition) is 5. The first-order valence-electron chi connectivity index (χ1n) is 11.8. The molecule has 7 heteroatoms. The molecule has 178 valence electrons. The van der Waals surface area contributed by atoms with E-state index in [1.54, 1.807) is 6.07 Å². The molecule has 1 saturated heterocycles. The fourth-order valence-corrected chi connectivity index (χ4v) is 5.67. The van der Waals surface area contributed by atoms with Gasteiger partial charge in [-0.15, -0.1) is 0 Å². The van der Waals surface area contributed by atoms with Gasteiger partial charge in [-0.2, -0.15) is 0 Å². The van der Waals surface area contributed by atoms with Crippen molar-refractivity contribution in [1.82, 2.24) is 10.2 Å². The van der Waals surface area contributed by atoms with E-state index in [-0.39, 0.29) is 5.41 Å². The number of para-hydroxylation sites is 1. The lowest BCUT2D eigenvalue weighted by Crippen LogP contribution is -2.42. The van der Waals surface area contributed by atoms with E-state index in [2.05, 4.69) is 70.5 Å². The molecule has 2 aliphatic heterocycles. The van der Waals surface area contributed by atoms with Crippen LogP contribution in [0.2, 0.25) is 0 Å². The van der Waals surface area contributed by atoms with Gasteiger partial charge in [0.25, 0.3) is 0 Å². The van der Waals surface area contributed by atoms with Gasteiger partial charge >= 0.3 is 0 Å². The van der Waals surface area contributed by atoms with Gasteiger partial charge in [-0.1, -0.05) is 50.2 Å². The van der Waals surface area contributed by atoms with E-state index in [0.29, 0.717) is 5.69 Å². The van der Waals surface area contributed by atoms with Crippen LogP contribution < -0.4 is 15.4 Å². The Hall–Kier alpha value is -2.87. The maximum atomic E-state index is 11.9. The number of benzene rings is 3. The third-order valence-electron chi connectivity index (χ3n) is 6.87. The summed E-state index contributed by atoms with van der Waals surface area (Å²) < 4.78 is 26.5. The number of hydrogen-bond donors (Lipinski definition) is 3. The van der Waals surface area contributed by atoms with E-state index >= 15 is 0 Å². The molecule has 34 heavy (non-hydrogen) atoms. The van der Waals surface area contributed by atoms with Crippen molar-refractivity contribution in [2.75, 3.05) is 42.5 Å². The monoisotopic (exact) mass is 476 g/mol. The van der Waals surface area contributed by atoms with E-state index in [9.17, 15) is 8.42 Å². The summed E-state index contributed by atoms with van der Waals surface area (Å²) in [5, 5.41) is 7.04. The second-order valence-electron chi connectivity index (χ2n) is 9.84. The van der Waals surface area contributed by atoms with Gasteiger partial charge in [0.1, 0.15) is 0 Å². The molecule has 0 aromatic heterocycles. The van der Waals surface area contributed by atoms with Gasteiger partial charge in [-0.25, -0.2) is 8.42 Å². The maximum Gasteiger partial charge on any atom is 0.229 e. The first kappa shape index (κ1) is 22.9. The summed E-state index contributed by atoms with van der Waals surface area (Å²) in [5.74, 6) is 0. The van der Waals surface area contributed by atoms with Gasteiger partial charge in [0.05, 0.1) is 11.9 Å². The molecule has 5 rings (SSSR count). The van der Waals surface area contributed by atoms with Crippen molar-refractivity contribution in [1.29, 1.82) is 0 Å². The average Bonchev–Trinajstić information content (AvgIpc) is 2.80. The molecule has 6 nitrogen and oxygen atoms in total. The average molecular weight is 477 g/mol. The predicted molar refractivity (Wildman–Crippen MR) is 140 cm³/mol. The van der Waals surface area contributed by atoms with Crippen LogP contribution in [0.15, 0.2) is 60.7 Å². The van der Waals surface area contributed by atoms with E-state index in [1.165, 1.54) is 22.9 Å². The first-order chi connectivity index (χ1) is 16.2. The minimum Gasteiger partial charge on any atom is -0.355 e. The summed E-state index contributed by atoms with van der Waals surface area (Å²) >= 11 is 0. The molecule has 0 saturated carbocycles. The second kappa shape index (κ2) is 8.73. The number of piperazine rings is 1. The minimum absolute atomic E-state index is 0.204. The minimum atomic E-state index is -3.38. The molecule has 2 aliphatic rings. The zero-order valence-corrected chi connectivity index (χ0v) is 20.8. The van der Waals surface area contributed by atoms with Crippen LogP contribution in [0.1, 0.15) is 30.5 Å². The molecule has 0 spiro atoms. The van der Waals surface area contributed by atoms with Crippen molar-refractivity contribution in [2.24, 2.45) is 0 Å². The Balaban J connectivity index is 1.51. The van der Waals surface area contributed by atoms with Crippen molar-refractivity contribution < 1.29 is 8.42 Å². The van der Waals surface area contributed by atoms with Gasteiger partial charge in [-0.3, -0.25) is 9.62 Å². The summed E-state index contributed by atoms with van der Waals surface area (Å²) in [5.41, 5.74) is 8.29. The Bertz CT molecular complexity index is 1330. The standard InChI is InChI=1S/C27H32N4O2S/c1-27(2)22-16-19(18-31-14-12-28-13-15-31)8-10-25(22)29-26-11-9-20(17-23(26)27)21-6-4-5-7-24(21)30-34(3,32)33/h4-11,16-17,28-30H,12-15,18H2,1-3H3. The highest BCUT2D eigenvalue weighted by molar-refractivity contribution is 7.92. The number of sulfonamides is 1.